The summed E-state index contributed by atoms with van der Waals surface area (Å²) in [6.45, 7) is 0. The van der Waals surface area contributed by atoms with E-state index in [1.807, 2.05) is 11.3 Å². The molecule has 3 heterocycles. The Morgan fingerprint density at radius 1 is 0.333 bits per heavy atom. The molecule has 238 valence electrons. The van der Waals surface area contributed by atoms with Crippen LogP contribution < -0.4 is 0 Å². The lowest BCUT2D eigenvalue weighted by molar-refractivity contribution is 1.17. The van der Waals surface area contributed by atoms with Gasteiger partial charge >= 0.3 is 0 Å². The summed E-state index contributed by atoms with van der Waals surface area (Å²) in [6.07, 6.45) is 0. The lowest BCUT2D eigenvalue weighted by Gasteiger charge is -2.12. The molecule has 11 aromatic rings. The second-order valence-electron chi connectivity index (χ2n) is 13.3. The molecule has 3 aromatic heterocycles. The highest BCUT2D eigenvalue weighted by Crippen LogP contribution is 2.44. The van der Waals surface area contributed by atoms with E-state index in [1.165, 1.54) is 86.0 Å². The third kappa shape index (κ3) is 4.22. The number of thiophene rings is 1. The van der Waals surface area contributed by atoms with Crippen molar-refractivity contribution in [2.45, 2.75) is 0 Å². The van der Waals surface area contributed by atoms with Crippen LogP contribution >= 0.6 is 11.3 Å². The summed E-state index contributed by atoms with van der Waals surface area (Å²) in [7, 11) is 0. The first kappa shape index (κ1) is 28.4. The molecule has 0 saturated heterocycles. The molecule has 0 spiro atoms. The van der Waals surface area contributed by atoms with Crippen LogP contribution in [0, 0.1) is 0 Å². The molecule has 0 fully saturated rings. The minimum absolute atomic E-state index is 1.16. The minimum atomic E-state index is 1.16. The van der Waals surface area contributed by atoms with Gasteiger partial charge in [0, 0.05) is 53.1 Å². The van der Waals surface area contributed by atoms with Gasteiger partial charge in [0.2, 0.25) is 0 Å². The summed E-state index contributed by atoms with van der Waals surface area (Å²) in [6, 6.07) is 66.5. The number of benzene rings is 8. The van der Waals surface area contributed by atoms with E-state index in [0.29, 0.717) is 0 Å². The van der Waals surface area contributed by atoms with E-state index in [0.717, 1.165) is 11.4 Å². The van der Waals surface area contributed by atoms with Gasteiger partial charge in [0.1, 0.15) is 0 Å². The van der Waals surface area contributed by atoms with Crippen molar-refractivity contribution in [2.75, 3.05) is 0 Å². The number of hydrogen-bond acceptors (Lipinski definition) is 1. The molecule has 0 N–H and O–H groups in total. The molecule has 2 nitrogen and oxygen atoms in total. The first-order chi connectivity index (χ1) is 25.3. The topological polar surface area (TPSA) is 9.86 Å². The summed E-state index contributed by atoms with van der Waals surface area (Å²) in [5.41, 5.74) is 12.1. The fourth-order valence-electron chi connectivity index (χ4n) is 8.30. The number of hydrogen-bond donors (Lipinski definition) is 0. The molecule has 0 aliphatic heterocycles. The molecule has 0 aliphatic carbocycles. The molecule has 0 aliphatic rings. The summed E-state index contributed by atoms with van der Waals surface area (Å²) in [5.74, 6) is 0. The van der Waals surface area contributed by atoms with E-state index in [2.05, 4.69) is 191 Å². The Bertz CT molecular complexity index is 3120. The molecule has 0 unspecified atom stereocenters. The average molecular weight is 667 g/mol. The van der Waals surface area contributed by atoms with Crippen molar-refractivity contribution in [2.24, 2.45) is 0 Å². The third-order valence-corrected chi connectivity index (χ3v) is 11.7. The van der Waals surface area contributed by atoms with Crippen LogP contribution in [0.3, 0.4) is 0 Å². The van der Waals surface area contributed by atoms with E-state index >= 15 is 0 Å². The molecule has 0 radical (unpaired) electrons. The predicted octanol–water partition coefficient (Wildman–Crippen LogP) is 13.6. The van der Waals surface area contributed by atoms with E-state index in [1.54, 1.807) is 0 Å². The van der Waals surface area contributed by atoms with Crippen molar-refractivity contribution in [3.05, 3.63) is 182 Å². The van der Waals surface area contributed by atoms with Gasteiger partial charge in [-0.05, 0) is 76.9 Å². The van der Waals surface area contributed by atoms with Crippen molar-refractivity contribution < 1.29 is 0 Å². The van der Waals surface area contributed by atoms with Crippen molar-refractivity contribution in [3.8, 4) is 33.6 Å². The van der Waals surface area contributed by atoms with Gasteiger partial charge in [-0.3, -0.25) is 0 Å². The molecule has 51 heavy (non-hydrogen) atoms. The van der Waals surface area contributed by atoms with Crippen LogP contribution in [0.5, 0.6) is 0 Å². The van der Waals surface area contributed by atoms with Gasteiger partial charge in [-0.2, -0.15) is 0 Å². The SMILES string of the molecule is c1ccc(-c2ccc(-n3c4ccccc4c4c5c6ccccc6n(-c6cccc(-c7cccc8c7sc7ccccc78)c6)c5ccc43)cc2)cc1. The molecule has 0 atom stereocenters. The molecule has 11 rings (SSSR count). The normalized spacial score (nSPS) is 11.9. The van der Waals surface area contributed by atoms with Gasteiger partial charge < -0.3 is 9.13 Å². The zero-order valence-electron chi connectivity index (χ0n) is 27.6. The summed E-state index contributed by atoms with van der Waals surface area (Å²) < 4.78 is 7.55. The maximum absolute atomic E-state index is 2.46. The van der Waals surface area contributed by atoms with Crippen molar-refractivity contribution in [1.29, 1.82) is 0 Å². The van der Waals surface area contributed by atoms with Crippen LogP contribution in [0.2, 0.25) is 0 Å². The second kappa shape index (κ2) is 11.0. The lowest BCUT2D eigenvalue weighted by Crippen LogP contribution is -1.95. The lowest BCUT2D eigenvalue weighted by atomic mass is 10.0. The number of para-hydroxylation sites is 2. The molecule has 0 saturated carbocycles. The Balaban J connectivity index is 1.14. The Morgan fingerprint density at radius 2 is 0.882 bits per heavy atom. The van der Waals surface area contributed by atoms with Crippen LogP contribution in [0.4, 0.5) is 0 Å². The Labute approximate surface area is 298 Å². The fourth-order valence-corrected chi connectivity index (χ4v) is 9.53. The summed E-state index contributed by atoms with van der Waals surface area (Å²) in [5, 5.41) is 7.75. The van der Waals surface area contributed by atoms with Gasteiger partial charge in [-0.1, -0.05) is 127 Å². The third-order valence-electron chi connectivity index (χ3n) is 10.5. The van der Waals surface area contributed by atoms with Crippen molar-refractivity contribution >= 4 is 75.1 Å². The molecular formula is C48H30N2S. The van der Waals surface area contributed by atoms with Crippen molar-refractivity contribution in [3.63, 3.8) is 0 Å². The zero-order valence-corrected chi connectivity index (χ0v) is 28.4. The van der Waals surface area contributed by atoms with Crippen LogP contribution in [0.1, 0.15) is 0 Å². The maximum atomic E-state index is 2.46. The predicted molar refractivity (Wildman–Crippen MR) is 219 cm³/mol. The van der Waals surface area contributed by atoms with Gasteiger partial charge in [-0.25, -0.2) is 0 Å². The Morgan fingerprint density at radius 3 is 1.61 bits per heavy atom. The number of nitrogens with zero attached hydrogens (tertiary/aromatic N) is 2. The number of fused-ring (bicyclic) bond motifs is 10. The monoisotopic (exact) mass is 666 g/mol. The summed E-state index contributed by atoms with van der Waals surface area (Å²) in [4.78, 5) is 0. The highest BCUT2D eigenvalue weighted by Gasteiger charge is 2.21. The van der Waals surface area contributed by atoms with Crippen LogP contribution in [-0.2, 0) is 0 Å². The minimum Gasteiger partial charge on any atom is -0.309 e. The quantitative estimate of drug-likeness (QED) is 0.177. The standard InChI is InChI=1S/C48H30N2S/c1-2-12-31(13-3-1)32-24-26-34(27-25-32)49-41-21-7-4-17-39(41)46-43(49)28-29-44-47(46)40-18-5-8-22-42(40)50(44)35-15-10-14-33(30-35)36-19-11-20-38-37-16-6-9-23-45(37)51-48(36)38/h1-30H. The number of aromatic nitrogens is 2. The van der Waals surface area contributed by atoms with E-state index in [-0.39, 0.29) is 0 Å². The van der Waals surface area contributed by atoms with Gasteiger partial charge in [0.25, 0.3) is 0 Å². The Hall–Kier alpha value is -6.42. The zero-order chi connectivity index (χ0) is 33.5. The molecule has 0 amide bonds. The summed E-state index contributed by atoms with van der Waals surface area (Å²) >= 11 is 1.88. The van der Waals surface area contributed by atoms with Gasteiger partial charge in [-0.15, -0.1) is 11.3 Å². The number of rotatable bonds is 4. The second-order valence-corrected chi connectivity index (χ2v) is 14.4. The van der Waals surface area contributed by atoms with Crippen LogP contribution in [0.25, 0.3) is 97.4 Å². The van der Waals surface area contributed by atoms with E-state index in [4.69, 9.17) is 0 Å². The smallest absolute Gasteiger partial charge is 0.0548 e. The average Bonchev–Trinajstić information content (AvgIpc) is 3.86. The maximum Gasteiger partial charge on any atom is 0.0548 e. The van der Waals surface area contributed by atoms with Gasteiger partial charge in [0.05, 0.1) is 22.1 Å². The molecule has 0 bridgehead atoms. The van der Waals surface area contributed by atoms with E-state index in [9.17, 15) is 0 Å². The highest BCUT2D eigenvalue weighted by atomic mass is 32.1. The first-order valence-electron chi connectivity index (χ1n) is 17.4. The van der Waals surface area contributed by atoms with Gasteiger partial charge in [0.15, 0.2) is 0 Å². The largest absolute Gasteiger partial charge is 0.309 e. The van der Waals surface area contributed by atoms with Crippen LogP contribution in [-0.4, -0.2) is 9.13 Å². The molecular weight excluding hydrogens is 637 g/mol. The van der Waals surface area contributed by atoms with E-state index < -0.39 is 0 Å². The van der Waals surface area contributed by atoms with Crippen LogP contribution in [0.15, 0.2) is 182 Å². The molecule has 8 aromatic carbocycles. The fraction of sp³-hybridized carbons (Fsp3) is 0. The molecule has 3 heteroatoms. The Kier molecular flexibility index (Phi) is 6.16. The highest BCUT2D eigenvalue weighted by molar-refractivity contribution is 7.26. The first-order valence-corrected chi connectivity index (χ1v) is 18.3. The van der Waals surface area contributed by atoms with Crippen molar-refractivity contribution in [1.82, 2.24) is 9.13 Å².